The van der Waals surface area contributed by atoms with E-state index in [1.807, 2.05) is 19.9 Å². The fraction of sp³-hybridized carbons (Fsp3) is 0.267. The Kier molecular flexibility index (Phi) is 9.41. The number of carbonyl (C=O) groups excluding carboxylic acids is 4. The summed E-state index contributed by atoms with van der Waals surface area (Å²) in [5, 5.41) is 7.87. The number of hydrogen-bond donors (Lipinski definition) is 5. The smallest absolute Gasteiger partial charge is 0.293 e. The van der Waals surface area contributed by atoms with E-state index in [-0.39, 0.29) is 30.1 Å². The second kappa shape index (κ2) is 13.3. The number of benzene rings is 2. The Morgan fingerprint density at radius 2 is 1.63 bits per heavy atom. The van der Waals surface area contributed by atoms with Gasteiger partial charge in [-0.1, -0.05) is 56.7 Å². The number of carbonyl (C=O) groups is 4. The summed E-state index contributed by atoms with van der Waals surface area (Å²) < 4.78 is 0. The van der Waals surface area contributed by atoms with Crippen LogP contribution >= 0.6 is 0 Å². The predicted octanol–water partition coefficient (Wildman–Crippen LogP) is 2.72. The van der Waals surface area contributed by atoms with Gasteiger partial charge in [-0.05, 0) is 42.7 Å². The molecule has 2 aromatic carbocycles. The van der Waals surface area contributed by atoms with Gasteiger partial charge in [0.05, 0.1) is 11.0 Å². The van der Waals surface area contributed by atoms with Crippen LogP contribution in [0.2, 0.25) is 0 Å². The molecule has 212 valence electrons. The van der Waals surface area contributed by atoms with Crippen molar-refractivity contribution in [1.29, 1.82) is 0 Å². The summed E-state index contributed by atoms with van der Waals surface area (Å²) in [6, 6.07) is 16.3. The van der Waals surface area contributed by atoms with Crippen molar-refractivity contribution in [3.63, 3.8) is 0 Å². The van der Waals surface area contributed by atoms with Gasteiger partial charge >= 0.3 is 0 Å². The number of amides is 3. The van der Waals surface area contributed by atoms with Crippen LogP contribution in [-0.4, -0.2) is 50.5 Å². The minimum Gasteiger partial charge on any atom is -0.344 e. The van der Waals surface area contributed by atoms with E-state index < -0.39 is 41.1 Å². The van der Waals surface area contributed by atoms with Gasteiger partial charge in [0.25, 0.3) is 17.4 Å². The molecule has 3 unspecified atom stereocenters. The van der Waals surface area contributed by atoms with E-state index in [2.05, 4.69) is 30.9 Å². The number of ketones is 1. The fourth-order valence-electron chi connectivity index (χ4n) is 4.28. The summed E-state index contributed by atoms with van der Waals surface area (Å²) in [4.78, 5) is 75.0. The summed E-state index contributed by atoms with van der Waals surface area (Å²) in [6.45, 7) is 3.90. The zero-order valence-electron chi connectivity index (χ0n) is 22.8. The molecule has 0 saturated heterocycles. The molecule has 0 saturated carbocycles. The topological polar surface area (TPSA) is 166 Å². The predicted molar refractivity (Wildman–Crippen MR) is 154 cm³/mol. The van der Waals surface area contributed by atoms with E-state index in [0.717, 1.165) is 6.42 Å². The molecule has 41 heavy (non-hydrogen) atoms. The van der Waals surface area contributed by atoms with Gasteiger partial charge in [-0.2, -0.15) is 0 Å². The molecule has 11 heteroatoms. The van der Waals surface area contributed by atoms with Gasteiger partial charge in [0.15, 0.2) is 5.82 Å². The number of fused-ring (bicyclic) bond motifs is 1. The second-order valence-electron chi connectivity index (χ2n) is 9.85. The van der Waals surface area contributed by atoms with Crippen molar-refractivity contribution in [1.82, 2.24) is 25.6 Å². The number of Topliss-reactive ketones (excluding diaryl/α,β-unsaturated/α-hetero) is 1. The first-order valence-electron chi connectivity index (χ1n) is 13.4. The number of aromatic nitrogens is 3. The van der Waals surface area contributed by atoms with Crippen LogP contribution < -0.4 is 21.5 Å². The van der Waals surface area contributed by atoms with E-state index in [1.165, 1.54) is 12.3 Å². The minimum absolute atomic E-state index is 0.0406. The summed E-state index contributed by atoms with van der Waals surface area (Å²) in [5.41, 5.74) is 1.44. The normalized spacial score (nSPS) is 13.1. The van der Waals surface area contributed by atoms with Crippen molar-refractivity contribution in [3.05, 3.63) is 94.7 Å². The highest BCUT2D eigenvalue weighted by Crippen LogP contribution is 2.14. The Morgan fingerprint density at radius 1 is 0.902 bits per heavy atom. The van der Waals surface area contributed by atoms with E-state index in [4.69, 9.17) is 0 Å². The first-order valence-corrected chi connectivity index (χ1v) is 13.4. The maximum absolute atomic E-state index is 13.6. The Morgan fingerprint density at radius 3 is 2.34 bits per heavy atom. The number of imidazole rings is 1. The molecule has 2 heterocycles. The van der Waals surface area contributed by atoms with Crippen molar-refractivity contribution in [2.45, 2.75) is 45.2 Å². The minimum atomic E-state index is -1.36. The van der Waals surface area contributed by atoms with Gasteiger partial charge in [0.1, 0.15) is 12.1 Å². The highest BCUT2D eigenvalue weighted by atomic mass is 16.2. The van der Waals surface area contributed by atoms with Crippen molar-refractivity contribution in [2.24, 2.45) is 5.92 Å². The highest BCUT2D eigenvalue weighted by Gasteiger charge is 2.32. The van der Waals surface area contributed by atoms with Gasteiger partial charge in [-0.3, -0.25) is 24.0 Å². The number of nitrogens with zero attached hydrogens (tertiary/aromatic N) is 1. The summed E-state index contributed by atoms with van der Waals surface area (Å²) >= 11 is 0. The number of nitrogens with one attached hydrogen (secondary N) is 5. The third-order valence-electron chi connectivity index (χ3n) is 6.77. The molecular formula is C30H32N6O5. The molecule has 0 radical (unpaired) electrons. The molecule has 0 fully saturated rings. The second-order valence-corrected chi connectivity index (χ2v) is 9.85. The molecule has 4 aromatic rings. The number of aromatic amines is 2. The zero-order valence-corrected chi connectivity index (χ0v) is 22.8. The molecule has 0 aliphatic rings. The molecule has 0 bridgehead atoms. The van der Waals surface area contributed by atoms with Gasteiger partial charge in [-0.15, -0.1) is 0 Å². The Hall–Kier alpha value is -5.06. The van der Waals surface area contributed by atoms with E-state index in [1.54, 1.807) is 54.6 Å². The zero-order chi connectivity index (χ0) is 29.4. The Balaban J connectivity index is 1.56. The van der Waals surface area contributed by atoms with Crippen molar-refractivity contribution in [2.75, 3.05) is 5.32 Å². The van der Waals surface area contributed by atoms with Crippen LogP contribution in [0, 0.1) is 5.92 Å². The van der Waals surface area contributed by atoms with Crippen molar-refractivity contribution in [3.8, 4) is 0 Å². The van der Waals surface area contributed by atoms with Crippen molar-refractivity contribution >= 4 is 40.2 Å². The van der Waals surface area contributed by atoms with Crippen LogP contribution in [0.4, 0.5) is 5.69 Å². The van der Waals surface area contributed by atoms with Gasteiger partial charge < -0.3 is 25.9 Å². The van der Waals surface area contributed by atoms with E-state index >= 15 is 0 Å². The average molecular weight is 557 g/mol. The molecule has 2 aromatic heterocycles. The van der Waals surface area contributed by atoms with Crippen LogP contribution in [-0.2, 0) is 20.8 Å². The number of anilines is 1. The molecule has 0 aliphatic carbocycles. The molecular weight excluding hydrogens is 524 g/mol. The van der Waals surface area contributed by atoms with Gasteiger partial charge in [-0.25, -0.2) is 4.98 Å². The van der Waals surface area contributed by atoms with Crippen molar-refractivity contribution < 1.29 is 19.2 Å². The van der Waals surface area contributed by atoms with Gasteiger partial charge in [0.2, 0.25) is 11.7 Å². The first-order chi connectivity index (χ1) is 19.7. The third kappa shape index (κ3) is 7.53. The standard InChI is InChI=1S/C30H32N6O5/c1-3-18(2)16-24(36-30(41)26-33-21-13-7-8-14-22(21)34-26)28(39)35-23(17-19-10-9-15-31-27(19)38)25(37)29(40)32-20-11-5-4-6-12-20/h4-15,18,23-24H,3,16-17H2,1-2H3,(H,31,38)(H,32,40)(H,33,34)(H,35,39)(H,36,41). The van der Waals surface area contributed by atoms with Crippen LogP contribution in [0.5, 0.6) is 0 Å². The highest BCUT2D eigenvalue weighted by molar-refractivity contribution is 6.42. The Bertz CT molecular complexity index is 1560. The molecule has 0 aliphatic heterocycles. The third-order valence-corrected chi connectivity index (χ3v) is 6.77. The maximum Gasteiger partial charge on any atom is 0.293 e. The number of para-hydroxylation sites is 3. The number of hydrogen-bond acceptors (Lipinski definition) is 6. The van der Waals surface area contributed by atoms with Gasteiger partial charge in [0, 0.05) is 23.9 Å². The number of H-pyrrole nitrogens is 2. The van der Waals surface area contributed by atoms with Crippen LogP contribution in [0.3, 0.4) is 0 Å². The maximum atomic E-state index is 13.6. The number of pyridine rings is 1. The molecule has 11 nitrogen and oxygen atoms in total. The average Bonchev–Trinajstić information content (AvgIpc) is 3.42. The molecule has 0 spiro atoms. The van der Waals surface area contributed by atoms with Crippen LogP contribution in [0.15, 0.2) is 77.7 Å². The Labute approximate surface area is 236 Å². The first kappa shape index (κ1) is 28.9. The molecule has 3 atom stereocenters. The van der Waals surface area contributed by atoms with E-state index in [9.17, 15) is 24.0 Å². The molecule has 5 N–H and O–H groups in total. The van der Waals surface area contributed by atoms with Crippen LogP contribution in [0.1, 0.15) is 42.9 Å². The monoisotopic (exact) mass is 556 g/mol. The lowest BCUT2D eigenvalue weighted by molar-refractivity contribution is -0.137. The lowest BCUT2D eigenvalue weighted by Gasteiger charge is -2.24. The lowest BCUT2D eigenvalue weighted by atomic mass is 9.97. The van der Waals surface area contributed by atoms with E-state index in [0.29, 0.717) is 16.7 Å². The molecule has 3 amide bonds. The molecule has 4 rings (SSSR count). The number of rotatable bonds is 12. The quantitative estimate of drug-likeness (QED) is 0.168. The van der Waals surface area contributed by atoms with Crippen LogP contribution in [0.25, 0.3) is 11.0 Å². The SMILES string of the molecule is CCC(C)CC(NC(=O)c1nc2ccccc2[nH]1)C(=O)NC(Cc1ccc[nH]c1=O)C(=O)C(=O)Nc1ccccc1. The lowest BCUT2D eigenvalue weighted by Crippen LogP contribution is -2.54. The summed E-state index contributed by atoms with van der Waals surface area (Å²) in [5.74, 6) is -3.04. The summed E-state index contributed by atoms with van der Waals surface area (Å²) in [7, 11) is 0. The summed E-state index contributed by atoms with van der Waals surface area (Å²) in [6.07, 6.45) is 2.23. The fourth-order valence-corrected chi connectivity index (χ4v) is 4.28. The largest absolute Gasteiger partial charge is 0.344 e.